The van der Waals surface area contributed by atoms with Crippen molar-refractivity contribution in [3.63, 3.8) is 0 Å². The van der Waals surface area contributed by atoms with Gasteiger partial charge in [-0.1, -0.05) is 25.5 Å². The van der Waals surface area contributed by atoms with E-state index in [4.69, 9.17) is 0 Å². The molecular weight excluding hydrogens is 356 g/mol. The summed E-state index contributed by atoms with van der Waals surface area (Å²) in [5.74, 6) is 1.61. The predicted octanol–water partition coefficient (Wildman–Crippen LogP) is 2.81. The molecule has 150 valence electrons. The Labute approximate surface area is 166 Å². The monoisotopic (exact) mass is 390 g/mol. The summed E-state index contributed by atoms with van der Waals surface area (Å²) < 4.78 is 12.2. The average molecular weight is 391 g/mol. The van der Waals surface area contributed by atoms with E-state index in [0.717, 1.165) is 50.5 Å². The maximum atomic E-state index is 12.2. The quantitative estimate of drug-likeness (QED) is 0.600. The minimum atomic E-state index is -0.693. The van der Waals surface area contributed by atoms with Gasteiger partial charge in [-0.05, 0) is 49.3 Å². The lowest BCUT2D eigenvalue weighted by Gasteiger charge is -2.30. The molecule has 27 heavy (non-hydrogen) atoms. The highest BCUT2D eigenvalue weighted by atomic mass is 32.2. The summed E-state index contributed by atoms with van der Waals surface area (Å²) in [6, 6.07) is 7.14. The first-order valence-electron chi connectivity index (χ1n) is 10.3. The smallest absolute Gasteiger partial charge is 0.191 e. The molecule has 1 aromatic rings. The lowest BCUT2D eigenvalue weighted by atomic mass is 9.95. The zero-order valence-electron chi connectivity index (χ0n) is 17.0. The van der Waals surface area contributed by atoms with E-state index in [1.54, 1.807) is 0 Å². The number of fused-ring (bicyclic) bond motifs is 1. The SMILES string of the molecule is CCS(=O)C1CCCC(NC(=NC)NCc2ccc3c(c2)CCCN3C)C1. The second kappa shape index (κ2) is 9.58. The summed E-state index contributed by atoms with van der Waals surface area (Å²) in [5.41, 5.74) is 4.11. The van der Waals surface area contributed by atoms with Crippen molar-refractivity contribution in [2.24, 2.45) is 4.99 Å². The van der Waals surface area contributed by atoms with Crippen LogP contribution in [0.4, 0.5) is 5.69 Å². The highest BCUT2D eigenvalue weighted by Crippen LogP contribution is 2.27. The third-order valence-corrected chi connectivity index (χ3v) is 7.54. The van der Waals surface area contributed by atoms with Gasteiger partial charge in [0, 0.05) is 60.7 Å². The van der Waals surface area contributed by atoms with Gasteiger partial charge in [0.1, 0.15) is 0 Å². The van der Waals surface area contributed by atoms with E-state index in [1.807, 2.05) is 14.0 Å². The Balaban J connectivity index is 1.54. The van der Waals surface area contributed by atoms with Gasteiger partial charge in [0.15, 0.2) is 5.96 Å². The summed E-state index contributed by atoms with van der Waals surface area (Å²) >= 11 is 0. The lowest BCUT2D eigenvalue weighted by molar-refractivity contribution is 0.413. The van der Waals surface area contributed by atoms with Crippen LogP contribution in [0.15, 0.2) is 23.2 Å². The molecule has 1 aliphatic heterocycles. The van der Waals surface area contributed by atoms with Gasteiger partial charge in [-0.25, -0.2) is 0 Å². The van der Waals surface area contributed by atoms with Crippen LogP contribution in [0.3, 0.4) is 0 Å². The Bertz CT molecular complexity index is 691. The third kappa shape index (κ3) is 5.24. The summed E-state index contributed by atoms with van der Waals surface area (Å²) in [5, 5.41) is 7.34. The maximum Gasteiger partial charge on any atom is 0.191 e. The van der Waals surface area contributed by atoms with E-state index < -0.39 is 10.8 Å². The molecule has 1 saturated carbocycles. The molecule has 0 amide bonds. The molecule has 1 aliphatic carbocycles. The minimum Gasteiger partial charge on any atom is -0.374 e. The van der Waals surface area contributed by atoms with E-state index in [2.05, 4.69) is 45.8 Å². The van der Waals surface area contributed by atoms with Crippen molar-refractivity contribution in [2.75, 3.05) is 31.3 Å². The first-order valence-corrected chi connectivity index (χ1v) is 11.7. The van der Waals surface area contributed by atoms with Crippen LogP contribution in [0.25, 0.3) is 0 Å². The first kappa shape index (κ1) is 20.2. The number of aliphatic imine (C=N–C) groups is 1. The molecule has 2 aliphatic rings. The van der Waals surface area contributed by atoms with E-state index in [9.17, 15) is 4.21 Å². The Morgan fingerprint density at radius 3 is 2.96 bits per heavy atom. The fourth-order valence-corrected chi connectivity index (χ4v) is 5.62. The van der Waals surface area contributed by atoms with Crippen molar-refractivity contribution < 1.29 is 4.21 Å². The number of guanidine groups is 1. The Kier molecular flexibility index (Phi) is 7.16. The van der Waals surface area contributed by atoms with Crippen LogP contribution in [0.5, 0.6) is 0 Å². The number of rotatable bonds is 5. The van der Waals surface area contributed by atoms with Gasteiger partial charge in [0.05, 0.1) is 0 Å². The van der Waals surface area contributed by atoms with Crippen LogP contribution in [-0.2, 0) is 23.8 Å². The molecule has 3 atom stereocenters. The van der Waals surface area contributed by atoms with Gasteiger partial charge < -0.3 is 15.5 Å². The largest absolute Gasteiger partial charge is 0.374 e. The zero-order valence-corrected chi connectivity index (χ0v) is 17.8. The molecule has 0 radical (unpaired) electrons. The van der Waals surface area contributed by atoms with Crippen molar-refractivity contribution in [3.8, 4) is 0 Å². The van der Waals surface area contributed by atoms with Crippen molar-refractivity contribution in [1.29, 1.82) is 0 Å². The number of aryl methyl sites for hydroxylation is 1. The molecule has 0 aromatic heterocycles. The number of nitrogens with zero attached hydrogens (tertiary/aromatic N) is 2. The Hall–Kier alpha value is -1.56. The van der Waals surface area contributed by atoms with Gasteiger partial charge in [-0.3, -0.25) is 9.20 Å². The fraction of sp³-hybridized carbons (Fsp3) is 0.667. The van der Waals surface area contributed by atoms with Gasteiger partial charge in [0.2, 0.25) is 0 Å². The van der Waals surface area contributed by atoms with Crippen LogP contribution in [0.2, 0.25) is 0 Å². The molecule has 3 rings (SSSR count). The molecule has 2 N–H and O–H groups in total. The topological polar surface area (TPSA) is 56.7 Å². The van der Waals surface area contributed by atoms with Crippen molar-refractivity contribution in [1.82, 2.24) is 10.6 Å². The Morgan fingerprint density at radius 1 is 1.33 bits per heavy atom. The molecule has 6 heteroatoms. The summed E-state index contributed by atoms with van der Waals surface area (Å²) in [7, 11) is 3.30. The van der Waals surface area contributed by atoms with Gasteiger partial charge >= 0.3 is 0 Å². The molecular formula is C21H34N4OS. The molecule has 1 fully saturated rings. The summed E-state index contributed by atoms with van der Waals surface area (Å²) in [6.07, 6.45) is 6.73. The number of benzene rings is 1. The predicted molar refractivity (Wildman–Crippen MR) is 116 cm³/mol. The number of hydrogen-bond acceptors (Lipinski definition) is 3. The zero-order chi connectivity index (χ0) is 19.2. The van der Waals surface area contributed by atoms with Crippen LogP contribution in [0, 0.1) is 0 Å². The second-order valence-electron chi connectivity index (χ2n) is 7.71. The molecule has 1 aromatic carbocycles. The van der Waals surface area contributed by atoms with Gasteiger partial charge in [-0.15, -0.1) is 0 Å². The standard InChI is InChI=1S/C21H34N4OS/c1-4-27(26)19-9-5-8-18(14-19)24-21(22-2)23-15-16-10-11-20-17(13-16)7-6-12-25(20)3/h10-11,13,18-19H,4-9,12,14-15H2,1-3H3,(H2,22,23,24). The number of anilines is 1. The van der Waals surface area contributed by atoms with Gasteiger partial charge in [0.25, 0.3) is 0 Å². The molecule has 3 unspecified atom stereocenters. The molecule has 1 heterocycles. The first-order chi connectivity index (χ1) is 13.1. The molecule has 5 nitrogen and oxygen atoms in total. The molecule has 0 spiro atoms. The molecule has 0 bridgehead atoms. The second-order valence-corrected chi connectivity index (χ2v) is 9.72. The van der Waals surface area contributed by atoms with E-state index in [1.165, 1.54) is 29.7 Å². The van der Waals surface area contributed by atoms with Gasteiger partial charge in [-0.2, -0.15) is 0 Å². The Morgan fingerprint density at radius 2 is 2.19 bits per heavy atom. The van der Waals surface area contributed by atoms with Crippen LogP contribution in [-0.4, -0.2) is 47.9 Å². The lowest BCUT2D eigenvalue weighted by Crippen LogP contribution is -2.46. The minimum absolute atomic E-state index is 0.331. The van der Waals surface area contributed by atoms with Crippen molar-refractivity contribution in [2.45, 2.75) is 63.3 Å². The third-order valence-electron chi connectivity index (χ3n) is 5.80. The van der Waals surface area contributed by atoms with Crippen molar-refractivity contribution in [3.05, 3.63) is 29.3 Å². The van der Waals surface area contributed by atoms with Crippen LogP contribution in [0.1, 0.15) is 50.2 Å². The number of hydrogen-bond donors (Lipinski definition) is 2. The summed E-state index contributed by atoms with van der Waals surface area (Å²) in [4.78, 5) is 6.74. The normalized spacial score (nSPS) is 24.3. The highest BCUT2D eigenvalue weighted by Gasteiger charge is 2.26. The van der Waals surface area contributed by atoms with E-state index >= 15 is 0 Å². The van der Waals surface area contributed by atoms with E-state index in [-0.39, 0.29) is 0 Å². The van der Waals surface area contributed by atoms with E-state index in [0.29, 0.717) is 11.3 Å². The van der Waals surface area contributed by atoms with Crippen molar-refractivity contribution >= 4 is 22.4 Å². The molecule has 0 saturated heterocycles. The maximum absolute atomic E-state index is 12.2. The van der Waals surface area contributed by atoms with Crippen LogP contribution >= 0.6 is 0 Å². The average Bonchev–Trinajstić information content (AvgIpc) is 2.70. The number of nitrogens with one attached hydrogen (secondary N) is 2. The summed E-state index contributed by atoms with van der Waals surface area (Å²) in [6.45, 7) is 3.93. The fourth-order valence-electron chi connectivity index (χ4n) is 4.27. The highest BCUT2D eigenvalue weighted by molar-refractivity contribution is 7.85. The van der Waals surface area contributed by atoms with Crippen LogP contribution < -0.4 is 15.5 Å².